The van der Waals surface area contributed by atoms with E-state index in [0.29, 0.717) is 12.0 Å². The molecule has 0 spiro atoms. The first kappa shape index (κ1) is 4.34. The Kier molecular flexibility index (Phi) is 1.42. The zero-order valence-electron chi connectivity index (χ0n) is 3.06. The molecule has 0 aliphatic rings. The molecule has 2 heteroatoms. The van der Waals surface area contributed by atoms with Crippen molar-refractivity contribution in [3.8, 4) is 0 Å². The van der Waals surface area contributed by atoms with E-state index in [-0.39, 0.29) is 0 Å². The van der Waals surface area contributed by atoms with Crippen molar-refractivity contribution in [1.29, 1.82) is 0 Å². The van der Waals surface area contributed by atoms with Crippen LogP contribution in [0.15, 0.2) is 12.0 Å². The lowest BCUT2D eigenvalue weighted by molar-refractivity contribution is 0.346. The molecule has 0 rings (SSSR count). The summed E-state index contributed by atoms with van der Waals surface area (Å²) in [7, 11) is 0. The molecule has 0 aromatic heterocycles. The van der Waals surface area contributed by atoms with Gasteiger partial charge in [-0.2, -0.15) is 0 Å². The summed E-state index contributed by atoms with van der Waals surface area (Å²) in [6, 6.07) is 0. The first-order chi connectivity index (χ1) is 2.27. The van der Waals surface area contributed by atoms with Crippen molar-refractivity contribution in [1.82, 2.24) is 0 Å². The van der Waals surface area contributed by atoms with E-state index in [1.54, 1.807) is 6.92 Å². The van der Waals surface area contributed by atoms with Gasteiger partial charge in [0.15, 0.2) is 6.26 Å². The normalized spacial score (nSPS) is 11.8. The summed E-state index contributed by atoms with van der Waals surface area (Å²) in [6.45, 7) is 1.55. The van der Waals surface area contributed by atoms with Crippen LogP contribution in [0.4, 0.5) is 0 Å². The fourth-order valence-corrected chi connectivity index (χ4v) is 0. The number of allylic oxidation sites excluding steroid dienone is 1. The van der Waals surface area contributed by atoms with Crippen molar-refractivity contribution in [2.24, 2.45) is 5.73 Å². The van der Waals surface area contributed by atoms with Gasteiger partial charge in [-0.05, 0) is 6.92 Å². The maximum atomic E-state index is 9.34. The predicted molar refractivity (Wildman–Crippen MR) is 18.6 cm³/mol. The lowest BCUT2D eigenvalue weighted by Gasteiger charge is -1.72. The molecule has 2 nitrogen and oxygen atoms in total. The topological polar surface area (TPSA) is 45.9 Å². The van der Waals surface area contributed by atoms with Crippen LogP contribution >= 0.6 is 0 Å². The second-order valence-electron chi connectivity index (χ2n) is 0.862. The first-order valence-corrected chi connectivity index (χ1v) is 1.31. The van der Waals surface area contributed by atoms with Gasteiger partial charge in [-0.25, -0.2) is 0 Å². The minimum absolute atomic E-state index is 0.324. The highest BCUT2D eigenvalue weighted by Gasteiger charge is 1.65. The van der Waals surface area contributed by atoms with Crippen LogP contribution in [0.3, 0.4) is 0 Å². The minimum atomic E-state index is 0.324. The Morgan fingerprint density at radius 3 is 2.20 bits per heavy atom. The van der Waals surface area contributed by atoms with E-state index in [1.807, 2.05) is 0 Å². The maximum absolute atomic E-state index is 9.34. The summed E-state index contributed by atoms with van der Waals surface area (Å²) in [5.41, 5.74) is 5.16. The van der Waals surface area contributed by atoms with Crippen molar-refractivity contribution >= 4 is 0 Å². The second kappa shape index (κ2) is 1.64. The van der Waals surface area contributed by atoms with Crippen LogP contribution in [-0.4, -0.2) is 0 Å². The summed E-state index contributed by atoms with van der Waals surface area (Å²) in [6.07, 6.45) is 0.611. The molecule has 0 unspecified atom stereocenters. The molecule has 5 heavy (non-hydrogen) atoms. The molecule has 2 N–H and O–H groups in total. The van der Waals surface area contributed by atoms with Crippen molar-refractivity contribution in [2.45, 2.75) is 6.92 Å². The maximum Gasteiger partial charge on any atom is 0.161 e. The highest BCUT2D eigenvalue weighted by molar-refractivity contribution is 4.81. The van der Waals surface area contributed by atoms with E-state index in [2.05, 4.69) is 0 Å². The van der Waals surface area contributed by atoms with Crippen LogP contribution in [0.2, 0.25) is 0 Å². The minimum Gasteiger partial charge on any atom is -0.400 e. The Bertz CT molecular complexity index is 44.9. The average molecular weight is 72.1 g/mol. The SMILES string of the molecule is CC(N)=C[O]. The molecular weight excluding hydrogens is 66.0 g/mol. The third-order valence-corrected chi connectivity index (χ3v) is 0.186. The summed E-state index contributed by atoms with van der Waals surface area (Å²) in [4.78, 5) is 0. The molecule has 0 saturated carbocycles. The Morgan fingerprint density at radius 2 is 2.20 bits per heavy atom. The molecule has 0 heterocycles. The van der Waals surface area contributed by atoms with Gasteiger partial charge in [0.25, 0.3) is 0 Å². The Morgan fingerprint density at radius 1 is 2.00 bits per heavy atom. The van der Waals surface area contributed by atoms with Gasteiger partial charge >= 0.3 is 0 Å². The molecule has 0 saturated heterocycles. The monoisotopic (exact) mass is 72.0 g/mol. The van der Waals surface area contributed by atoms with Crippen LogP contribution in [0.5, 0.6) is 0 Å². The molecule has 0 aromatic rings. The summed E-state index contributed by atoms with van der Waals surface area (Å²) >= 11 is 0. The predicted octanol–water partition coefficient (Wildman–Crippen LogP) is 0.237. The van der Waals surface area contributed by atoms with E-state index < -0.39 is 0 Å². The molecule has 0 atom stereocenters. The molecular formula is C3H6NO. The summed E-state index contributed by atoms with van der Waals surface area (Å²) in [5, 5.41) is 9.34. The average Bonchev–Trinajstić information content (AvgIpc) is 1.38. The van der Waals surface area contributed by atoms with Crippen LogP contribution in [0, 0.1) is 0 Å². The van der Waals surface area contributed by atoms with Gasteiger partial charge < -0.3 is 5.73 Å². The summed E-state index contributed by atoms with van der Waals surface area (Å²) in [5.74, 6) is 0. The third kappa shape index (κ3) is 3.34. The number of hydrogen-bond donors (Lipinski definition) is 1. The van der Waals surface area contributed by atoms with Crippen molar-refractivity contribution in [3.05, 3.63) is 12.0 Å². The smallest absolute Gasteiger partial charge is 0.161 e. The van der Waals surface area contributed by atoms with Gasteiger partial charge in [0.1, 0.15) is 0 Å². The quantitative estimate of drug-likeness (QED) is 0.409. The Hall–Kier alpha value is -0.660. The largest absolute Gasteiger partial charge is 0.400 e. The van der Waals surface area contributed by atoms with Gasteiger partial charge in [0, 0.05) is 5.70 Å². The zero-order valence-corrected chi connectivity index (χ0v) is 3.06. The number of rotatable bonds is 0. The van der Waals surface area contributed by atoms with Crippen LogP contribution in [0.1, 0.15) is 6.92 Å². The van der Waals surface area contributed by atoms with Crippen LogP contribution in [0.25, 0.3) is 0 Å². The van der Waals surface area contributed by atoms with Gasteiger partial charge in [0.2, 0.25) is 0 Å². The Labute approximate surface area is 30.9 Å². The molecule has 1 radical (unpaired) electrons. The molecule has 0 aliphatic carbocycles. The fourth-order valence-electron chi connectivity index (χ4n) is 0. The molecule has 0 bridgehead atoms. The van der Waals surface area contributed by atoms with Crippen molar-refractivity contribution < 1.29 is 5.11 Å². The molecule has 0 aliphatic heterocycles. The lowest BCUT2D eigenvalue weighted by atomic mass is 10.6. The molecule has 0 fully saturated rings. The van der Waals surface area contributed by atoms with Gasteiger partial charge in [0.05, 0.1) is 0 Å². The highest BCUT2D eigenvalue weighted by Crippen LogP contribution is 1.69. The molecule has 0 amide bonds. The van der Waals surface area contributed by atoms with E-state index in [4.69, 9.17) is 5.73 Å². The Balaban J connectivity index is 3.14. The molecule has 29 valence electrons. The zero-order chi connectivity index (χ0) is 4.28. The highest BCUT2D eigenvalue weighted by atomic mass is 16.2. The first-order valence-electron chi connectivity index (χ1n) is 1.31. The fraction of sp³-hybridized carbons (Fsp3) is 0.333. The van der Waals surface area contributed by atoms with Crippen molar-refractivity contribution in [2.75, 3.05) is 0 Å². The number of hydrogen-bond acceptors (Lipinski definition) is 1. The van der Waals surface area contributed by atoms with E-state index >= 15 is 0 Å². The van der Waals surface area contributed by atoms with E-state index in [0.717, 1.165) is 0 Å². The second-order valence-corrected chi connectivity index (χ2v) is 0.862. The summed E-state index contributed by atoms with van der Waals surface area (Å²) < 4.78 is 0. The van der Waals surface area contributed by atoms with Gasteiger partial charge in [-0.1, -0.05) is 0 Å². The van der Waals surface area contributed by atoms with E-state index in [1.165, 1.54) is 0 Å². The third-order valence-electron chi connectivity index (χ3n) is 0.186. The van der Waals surface area contributed by atoms with Crippen LogP contribution in [-0.2, 0) is 5.11 Å². The van der Waals surface area contributed by atoms with Gasteiger partial charge in [-0.3, -0.25) is 5.11 Å². The lowest BCUT2D eigenvalue weighted by Crippen LogP contribution is -1.87. The molecule has 0 aromatic carbocycles. The number of nitrogens with two attached hydrogens (primary N) is 1. The van der Waals surface area contributed by atoms with Crippen LogP contribution < -0.4 is 5.73 Å². The van der Waals surface area contributed by atoms with E-state index in [9.17, 15) is 5.11 Å². The van der Waals surface area contributed by atoms with Crippen molar-refractivity contribution in [3.63, 3.8) is 0 Å². The van der Waals surface area contributed by atoms with Gasteiger partial charge in [-0.15, -0.1) is 0 Å². The standard InChI is InChI=1S/C3H6NO/c1-3(4)2-5/h2H,4H2,1H3.